The highest BCUT2D eigenvalue weighted by molar-refractivity contribution is 5.64. The van der Waals surface area contributed by atoms with Crippen molar-refractivity contribution >= 4 is 5.95 Å². The molecule has 3 rings (SSSR count). The van der Waals surface area contributed by atoms with E-state index in [2.05, 4.69) is 36.2 Å². The molecular formula is C17H23N3. The summed E-state index contributed by atoms with van der Waals surface area (Å²) >= 11 is 0. The largest absolute Gasteiger partial charge is 0.369 e. The Morgan fingerprint density at radius 1 is 1.10 bits per heavy atom. The van der Waals surface area contributed by atoms with Gasteiger partial charge < -0.3 is 10.3 Å². The maximum absolute atomic E-state index is 5.88. The maximum Gasteiger partial charge on any atom is 0.200 e. The zero-order valence-electron chi connectivity index (χ0n) is 12.4. The van der Waals surface area contributed by atoms with E-state index >= 15 is 0 Å². The van der Waals surface area contributed by atoms with Crippen molar-refractivity contribution in [3.05, 3.63) is 35.5 Å². The highest BCUT2D eigenvalue weighted by Crippen LogP contribution is 2.33. The van der Waals surface area contributed by atoms with Gasteiger partial charge in [0.1, 0.15) is 0 Å². The van der Waals surface area contributed by atoms with Gasteiger partial charge in [0.2, 0.25) is 5.95 Å². The van der Waals surface area contributed by atoms with Gasteiger partial charge in [-0.25, -0.2) is 4.98 Å². The Bertz CT molecular complexity index is 589. The van der Waals surface area contributed by atoms with E-state index in [1.165, 1.54) is 37.7 Å². The van der Waals surface area contributed by atoms with Crippen LogP contribution in [0.1, 0.15) is 49.3 Å². The molecule has 0 unspecified atom stereocenters. The summed E-state index contributed by atoms with van der Waals surface area (Å²) in [6.45, 7) is 2.06. The van der Waals surface area contributed by atoms with Crippen molar-refractivity contribution < 1.29 is 0 Å². The van der Waals surface area contributed by atoms with E-state index in [1.807, 2.05) is 11.6 Å². The summed E-state index contributed by atoms with van der Waals surface area (Å²) in [7, 11) is 1.96. The molecule has 0 bridgehead atoms. The Balaban J connectivity index is 1.87. The predicted molar refractivity (Wildman–Crippen MR) is 83.6 cm³/mol. The second kappa shape index (κ2) is 5.31. The Morgan fingerprint density at radius 2 is 1.75 bits per heavy atom. The minimum absolute atomic E-state index is 0.578. The molecular weight excluding hydrogens is 246 g/mol. The molecule has 106 valence electrons. The standard InChI is InChI=1S/C17H23N3/c1-12-16(19-17(18)20(12)2)15-10-8-14(9-11-15)13-6-4-3-5-7-13/h8-11,13H,3-7H2,1-2H3,(H2,18,19). The quantitative estimate of drug-likeness (QED) is 0.894. The van der Waals surface area contributed by atoms with Crippen LogP contribution >= 0.6 is 0 Å². The van der Waals surface area contributed by atoms with Gasteiger partial charge in [-0.15, -0.1) is 0 Å². The predicted octanol–water partition coefficient (Wildman–Crippen LogP) is 4.03. The first kappa shape index (κ1) is 13.2. The third-order valence-electron chi connectivity index (χ3n) is 4.68. The maximum atomic E-state index is 5.88. The number of nitrogens with zero attached hydrogens (tertiary/aromatic N) is 2. The summed E-state index contributed by atoms with van der Waals surface area (Å²) in [6, 6.07) is 8.93. The van der Waals surface area contributed by atoms with Gasteiger partial charge in [0.15, 0.2) is 0 Å². The minimum Gasteiger partial charge on any atom is -0.369 e. The zero-order valence-corrected chi connectivity index (χ0v) is 12.4. The number of rotatable bonds is 2. The molecule has 0 atom stereocenters. The van der Waals surface area contributed by atoms with Crippen molar-refractivity contribution in [2.24, 2.45) is 7.05 Å². The van der Waals surface area contributed by atoms with Crippen LogP contribution in [0.4, 0.5) is 5.95 Å². The Kier molecular flexibility index (Phi) is 3.51. The molecule has 3 heteroatoms. The molecule has 1 saturated carbocycles. The smallest absolute Gasteiger partial charge is 0.200 e. The lowest BCUT2D eigenvalue weighted by molar-refractivity contribution is 0.443. The van der Waals surface area contributed by atoms with Gasteiger partial charge in [0, 0.05) is 18.3 Å². The van der Waals surface area contributed by atoms with Crippen LogP contribution in [-0.2, 0) is 7.05 Å². The molecule has 1 aromatic heterocycles. The number of anilines is 1. The number of nitrogen functional groups attached to an aromatic ring is 1. The number of hydrogen-bond donors (Lipinski definition) is 1. The fourth-order valence-electron chi connectivity index (χ4n) is 3.22. The molecule has 1 aliphatic rings. The number of benzene rings is 1. The zero-order chi connectivity index (χ0) is 14.1. The summed E-state index contributed by atoms with van der Waals surface area (Å²) in [5.41, 5.74) is 10.6. The van der Waals surface area contributed by atoms with Gasteiger partial charge in [0.25, 0.3) is 0 Å². The number of nitrogens with two attached hydrogens (primary N) is 1. The lowest BCUT2D eigenvalue weighted by atomic mass is 9.84. The topological polar surface area (TPSA) is 43.8 Å². The van der Waals surface area contributed by atoms with E-state index < -0.39 is 0 Å². The van der Waals surface area contributed by atoms with Crippen LogP contribution < -0.4 is 5.73 Å². The molecule has 0 amide bonds. The van der Waals surface area contributed by atoms with Crippen LogP contribution in [0.25, 0.3) is 11.3 Å². The van der Waals surface area contributed by atoms with Crippen molar-refractivity contribution in [3.63, 3.8) is 0 Å². The highest BCUT2D eigenvalue weighted by Gasteiger charge is 2.16. The Hall–Kier alpha value is -1.77. The average molecular weight is 269 g/mol. The average Bonchev–Trinajstić information content (AvgIpc) is 2.76. The van der Waals surface area contributed by atoms with Gasteiger partial charge in [-0.05, 0) is 31.2 Å². The van der Waals surface area contributed by atoms with Crippen LogP contribution in [0.15, 0.2) is 24.3 Å². The first-order valence-corrected chi connectivity index (χ1v) is 7.56. The molecule has 1 fully saturated rings. The number of hydrogen-bond acceptors (Lipinski definition) is 2. The summed E-state index contributed by atoms with van der Waals surface area (Å²) < 4.78 is 1.93. The Labute approximate surface area is 120 Å². The summed E-state index contributed by atoms with van der Waals surface area (Å²) in [5.74, 6) is 1.33. The molecule has 0 aliphatic heterocycles. The summed E-state index contributed by atoms with van der Waals surface area (Å²) in [4.78, 5) is 4.46. The van der Waals surface area contributed by atoms with Crippen molar-refractivity contribution in [1.82, 2.24) is 9.55 Å². The molecule has 1 aromatic carbocycles. The first-order valence-electron chi connectivity index (χ1n) is 7.56. The second-order valence-corrected chi connectivity index (χ2v) is 5.92. The lowest BCUT2D eigenvalue weighted by Crippen LogP contribution is -2.04. The fourth-order valence-corrected chi connectivity index (χ4v) is 3.22. The molecule has 20 heavy (non-hydrogen) atoms. The van der Waals surface area contributed by atoms with Gasteiger partial charge in [0.05, 0.1) is 5.69 Å². The SMILES string of the molecule is Cc1c(-c2ccc(C3CCCCC3)cc2)nc(N)n1C. The van der Waals surface area contributed by atoms with Crippen LogP contribution in [0.3, 0.4) is 0 Å². The van der Waals surface area contributed by atoms with E-state index in [1.54, 1.807) is 0 Å². The van der Waals surface area contributed by atoms with Crippen molar-refractivity contribution in [1.29, 1.82) is 0 Å². The van der Waals surface area contributed by atoms with Gasteiger partial charge in [-0.3, -0.25) is 0 Å². The van der Waals surface area contributed by atoms with E-state index in [-0.39, 0.29) is 0 Å². The van der Waals surface area contributed by atoms with Crippen LogP contribution in [0.2, 0.25) is 0 Å². The molecule has 2 N–H and O–H groups in total. The highest BCUT2D eigenvalue weighted by atomic mass is 15.1. The molecule has 1 aliphatic carbocycles. The molecule has 1 heterocycles. The van der Waals surface area contributed by atoms with Crippen LogP contribution in [0, 0.1) is 6.92 Å². The first-order chi connectivity index (χ1) is 9.66. The third-order valence-corrected chi connectivity index (χ3v) is 4.68. The minimum atomic E-state index is 0.578. The molecule has 2 aromatic rings. The number of imidazole rings is 1. The number of aromatic nitrogens is 2. The van der Waals surface area contributed by atoms with E-state index in [0.717, 1.165) is 22.9 Å². The van der Waals surface area contributed by atoms with Crippen LogP contribution in [-0.4, -0.2) is 9.55 Å². The molecule has 0 spiro atoms. The molecule has 3 nitrogen and oxygen atoms in total. The van der Waals surface area contributed by atoms with Gasteiger partial charge >= 0.3 is 0 Å². The van der Waals surface area contributed by atoms with Crippen molar-refractivity contribution in [2.45, 2.75) is 44.9 Å². The summed E-state index contributed by atoms with van der Waals surface area (Å²) in [5, 5.41) is 0. The molecule has 0 radical (unpaired) electrons. The second-order valence-electron chi connectivity index (χ2n) is 5.92. The Morgan fingerprint density at radius 3 is 2.30 bits per heavy atom. The fraction of sp³-hybridized carbons (Fsp3) is 0.471. The normalized spacial score (nSPS) is 16.5. The molecule has 0 saturated heterocycles. The van der Waals surface area contributed by atoms with E-state index in [4.69, 9.17) is 5.73 Å². The van der Waals surface area contributed by atoms with E-state index in [0.29, 0.717) is 5.95 Å². The van der Waals surface area contributed by atoms with Crippen LogP contribution in [0.5, 0.6) is 0 Å². The van der Waals surface area contributed by atoms with Gasteiger partial charge in [-0.2, -0.15) is 0 Å². The van der Waals surface area contributed by atoms with Crippen molar-refractivity contribution in [3.8, 4) is 11.3 Å². The van der Waals surface area contributed by atoms with Gasteiger partial charge in [-0.1, -0.05) is 43.5 Å². The monoisotopic (exact) mass is 269 g/mol. The summed E-state index contributed by atoms with van der Waals surface area (Å²) in [6.07, 6.45) is 6.84. The van der Waals surface area contributed by atoms with Crippen molar-refractivity contribution in [2.75, 3.05) is 5.73 Å². The third kappa shape index (κ3) is 2.33. The lowest BCUT2D eigenvalue weighted by Gasteiger charge is -2.22. The van der Waals surface area contributed by atoms with E-state index in [9.17, 15) is 0 Å².